The molecule has 54 heavy (non-hydrogen) atoms. The van der Waals surface area contributed by atoms with Crippen molar-refractivity contribution in [1.82, 2.24) is 0 Å². The highest BCUT2D eigenvalue weighted by Gasteiger charge is 2.21. The maximum absolute atomic E-state index is 12.7. The standard InChI is InChI=1S/C44H86NO8P/c1-6-8-10-12-14-16-18-20-22-23-25-27-29-31-33-35-37-44(47)53-42(41-52-54(48,49)51-39-38-45(3,4)5)40-50-43(46)36-34-32-30-28-26-24-21-19-17-15-13-11-9-7-2/h22-23,42H,6-21,24-41H2,1-5H3/b23-22-. The Balaban J connectivity index is 4.34. The molecule has 0 aliphatic carbocycles. The number of hydrogen-bond acceptors (Lipinski definition) is 8. The second kappa shape index (κ2) is 37.3. The lowest BCUT2D eigenvalue weighted by atomic mass is 10.0. The van der Waals surface area contributed by atoms with Crippen LogP contribution in [0.3, 0.4) is 0 Å². The minimum absolute atomic E-state index is 0.0293. The first kappa shape index (κ1) is 52.8. The topological polar surface area (TPSA) is 111 Å². The molecule has 0 heterocycles. The molecule has 0 fully saturated rings. The Morgan fingerprint density at radius 1 is 0.556 bits per heavy atom. The summed E-state index contributed by atoms with van der Waals surface area (Å²) in [6.07, 6.45) is 38.0. The van der Waals surface area contributed by atoms with Gasteiger partial charge in [0.2, 0.25) is 0 Å². The van der Waals surface area contributed by atoms with Gasteiger partial charge in [0.25, 0.3) is 7.82 Å². The average Bonchev–Trinajstić information content (AvgIpc) is 3.12. The van der Waals surface area contributed by atoms with Crippen LogP contribution in [0.15, 0.2) is 12.2 Å². The molecule has 2 unspecified atom stereocenters. The molecule has 0 amide bonds. The van der Waals surface area contributed by atoms with E-state index in [1.54, 1.807) is 0 Å². The summed E-state index contributed by atoms with van der Waals surface area (Å²) in [4.78, 5) is 37.5. The SMILES string of the molecule is CCCCCCCCC/C=C\CCCCCCCC(=O)OC(COC(=O)CCCCCCCCCCCCCCCC)COP(=O)([O-])OCC[N+](C)(C)C. The molecule has 0 aliphatic heterocycles. The van der Waals surface area contributed by atoms with Crippen molar-refractivity contribution in [2.45, 2.75) is 213 Å². The number of allylic oxidation sites excluding steroid dienone is 2. The third kappa shape index (κ3) is 40.4. The van der Waals surface area contributed by atoms with Crippen molar-refractivity contribution in [2.24, 2.45) is 0 Å². The van der Waals surface area contributed by atoms with Gasteiger partial charge < -0.3 is 27.9 Å². The van der Waals surface area contributed by atoms with Crippen LogP contribution in [0.25, 0.3) is 0 Å². The maximum atomic E-state index is 12.7. The largest absolute Gasteiger partial charge is 0.756 e. The molecule has 0 N–H and O–H groups in total. The smallest absolute Gasteiger partial charge is 0.306 e. The highest BCUT2D eigenvalue weighted by atomic mass is 31.2. The summed E-state index contributed by atoms with van der Waals surface area (Å²) >= 11 is 0. The molecular formula is C44H86NO8P. The maximum Gasteiger partial charge on any atom is 0.306 e. The third-order valence-electron chi connectivity index (χ3n) is 9.79. The number of carbonyl (C=O) groups is 2. The van der Waals surface area contributed by atoms with Crippen molar-refractivity contribution in [1.29, 1.82) is 0 Å². The van der Waals surface area contributed by atoms with Gasteiger partial charge >= 0.3 is 11.9 Å². The van der Waals surface area contributed by atoms with Crippen molar-refractivity contribution < 1.29 is 42.1 Å². The van der Waals surface area contributed by atoms with Gasteiger partial charge in [0.05, 0.1) is 27.7 Å². The molecule has 10 heteroatoms. The zero-order valence-electron chi connectivity index (χ0n) is 35.9. The van der Waals surface area contributed by atoms with Crippen molar-refractivity contribution in [2.75, 3.05) is 47.5 Å². The van der Waals surface area contributed by atoms with Crippen LogP contribution in [-0.4, -0.2) is 70.0 Å². The Hall–Kier alpha value is -1.25. The number of carbonyl (C=O) groups excluding carboxylic acids is 2. The van der Waals surface area contributed by atoms with Crippen LogP contribution in [-0.2, 0) is 32.7 Å². The molecule has 0 radical (unpaired) electrons. The molecule has 0 rings (SSSR count). The molecule has 9 nitrogen and oxygen atoms in total. The number of nitrogens with zero attached hydrogens (tertiary/aromatic N) is 1. The summed E-state index contributed by atoms with van der Waals surface area (Å²) in [6.45, 7) is 4.24. The lowest BCUT2D eigenvalue weighted by Gasteiger charge is -2.28. The fourth-order valence-corrected chi connectivity index (χ4v) is 6.97. The predicted molar refractivity (Wildman–Crippen MR) is 222 cm³/mol. The number of quaternary nitrogens is 1. The quantitative estimate of drug-likeness (QED) is 0.0198. The van der Waals surface area contributed by atoms with Crippen LogP contribution < -0.4 is 4.89 Å². The zero-order valence-corrected chi connectivity index (χ0v) is 36.8. The van der Waals surface area contributed by atoms with Gasteiger partial charge in [-0.3, -0.25) is 14.2 Å². The van der Waals surface area contributed by atoms with E-state index in [-0.39, 0.29) is 32.0 Å². The molecule has 320 valence electrons. The first-order valence-electron chi connectivity index (χ1n) is 22.4. The van der Waals surface area contributed by atoms with Gasteiger partial charge in [0.1, 0.15) is 19.8 Å². The van der Waals surface area contributed by atoms with E-state index in [2.05, 4.69) is 26.0 Å². The monoisotopic (exact) mass is 788 g/mol. The predicted octanol–water partition coefficient (Wildman–Crippen LogP) is 11.9. The van der Waals surface area contributed by atoms with Crippen molar-refractivity contribution in [3.05, 3.63) is 12.2 Å². The molecule has 0 bridgehead atoms. The van der Waals surface area contributed by atoms with Crippen LogP contribution in [0.5, 0.6) is 0 Å². The Morgan fingerprint density at radius 3 is 1.37 bits per heavy atom. The van der Waals surface area contributed by atoms with E-state index in [4.69, 9.17) is 18.5 Å². The lowest BCUT2D eigenvalue weighted by molar-refractivity contribution is -0.870. The fraction of sp³-hybridized carbons (Fsp3) is 0.909. The van der Waals surface area contributed by atoms with Gasteiger partial charge in [-0.15, -0.1) is 0 Å². The Labute approximate surface area is 333 Å². The van der Waals surface area contributed by atoms with Crippen LogP contribution in [0, 0.1) is 0 Å². The van der Waals surface area contributed by atoms with E-state index in [1.807, 2.05) is 21.1 Å². The van der Waals surface area contributed by atoms with Crippen molar-refractivity contribution in [3.8, 4) is 0 Å². The molecule has 0 spiro atoms. The number of phosphoric ester groups is 1. The van der Waals surface area contributed by atoms with Gasteiger partial charge in [0, 0.05) is 12.8 Å². The summed E-state index contributed by atoms with van der Waals surface area (Å²) in [5.74, 6) is -0.835. The van der Waals surface area contributed by atoms with Crippen LogP contribution in [0.2, 0.25) is 0 Å². The first-order valence-corrected chi connectivity index (χ1v) is 23.9. The molecule has 0 saturated carbocycles. The molecule has 0 aliphatic rings. The molecule has 0 aromatic rings. The van der Waals surface area contributed by atoms with Gasteiger partial charge in [-0.25, -0.2) is 0 Å². The minimum Gasteiger partial charge on any atom is -0.756 e. The number of phosphoric acid groups is 1. The van der Waals surface area contributed by atoms with Gasteiger partial charge in [0.15, 0.2) is 6.10 Å². The van der Waals surface area contributed by atoms with E-state index < -0.39 is 26.5 Å². The van der Waals surface area contributed by atoms with Gasteiger partial charge in [-0.05, 0) is 38.5 Å². The lowest BCUT2D eigenvalue weighted by Crippen LogP contribution is -2.37. The Bertz CT molecular complexity index is 938. The summed E-state index contributed by atoms with van der Waals surface area (Å²) in [5, 5.41) is 0. The normalized spacial score (nSPS) is 13.7. The van der Waals surface area contributed by atoms with E-state index in [0.717, 1.165) is 51.4 Å². The Kier molecular flexibility index (Phi) is 36.5. The highest BCUT2D eigenvalue weighted by Crippen LogP contribution is 2.38. The average molecular weight is 788 g/mol. The van der Waals surface area contributed by atoms with Crippen LogP contribution in [0.1, 0.15) is 206 Å². The van der Waals surface area contributed by atoms with Crippen molar-refractivity contribution in [3.63, 3.8) is 0 Å². The number of ether oxygens (including phenoxy) is 2. The summed E-state index contributed by atoms with van der Waals surface area (Å²) in [7, 11) is 1.17. The molecule has 0 aromatic carbocycles. The number of likely N-dealkylation sites (N-methyl/N-ethyl adjacent to an activating group) is 1. The zero-order chi connectivity index (χ0) is 40.0. The van der Waals surface area contributed by atoms with E-state index in [9.17, 15) is 19.0 Å². The number of hydrogen-bond donors (Lipinski definition) is 0. The first-order chi connectivity index (χ1) is 26.0. The summed E-state index contributed by atoms with van der Waals surface area (Å²) in [6, 6.07) is 0. The van der Waals surface area contributed by atoms with E-state index in [1.165, 1.54) is 122 Å². The van der Waals surface area contributed by atoms with Gasteiger partial charge in [-0.1, -0.05) is 167 Å². The highest BCUT2D eigenvalue weighted by molar-refractivity contribution is 7.45. The van der Waals surface area contributed by atoms with Gasteiger partial charge in [-0.2, -0.15) is 0 Å². The number of unbranched alkanes of at least 4 members (excludes halogenated alkanes) is 25. The van der Waals surface area contributed by atoms with Crippen molar-refractivity contribution >= 4 is 19.8 Å². The summed E-state index contributed by atoms with van der Waals surface area (Å²) in [5.41, 5.74) is 0. The second-order valence-corrected chi connectivity index (χ2v) is 17.8. The Morgan fingerprint density at radius 2 is 0.944 bits per heavy atom. The van der Waals surface area contributed by atoms with Crippen LogP contribution >= 0.6 is 7.82 Å². The van der Waals surface area contributed by atoms with E-state index in [0.29, 0.717) is 17.4 Å². The molecule has 0 aromatic heterocycles. The number of rotatable bonds is 41. The minimum atomic E-state index is -4.62. The third-order valence-corrected chi connectivity index (χ3v) is 10.7. The number of esters is 2. The van der Waals surface area contributed by atoms with Crippen LogP contribution in [0.4, 0.5) is 0 Å². The second-order valence-electron chi connectivity index (χ2n) is 16.4. The molecule has 0 saturated heterocycles. The molecular weight excluding hydrogens is 701 g/mol. The fourth-order valence-electron chi connectivity index (χ4n) is 6.24. The molecule has 2 atom stereocenters. The van der Waals surface area contributed by atoms with E-state index >= 15 is 0 Å². The summed E-state index contributed by atoms with van der Waals surface area (Å²) < 4.78 is 33.9.